The van der Waals surface area contributed by atoms with Gasteiger partial charge in [0, 0.05) is 16.1 Å². The molecule has 1 fully saturated rings. The predicted octanol–water partition coefficient (Wildman–Crippen LogP) is 3.35. The highest BCUT2D eigenvalue weighted by atomic mass is 35.5. The molecule has 19 heavy (non-hydrogen) atoms. The molecule has 1 saturated heterocycles. The van der Waals surface area contributed by atoms with Gasteiger partial charge in [-0.2, -0.15) is 0 Å². The molecule has 0 aromatic heterocycles. The molecule has 4 rings (SSSR count). The molecule has 2 nitrogen and oxygen atoms in total. The van der Waals surface area contributed by atoms with Crippen LogP contribution in [0.5, 0.6) is 0 Å². The number of halogens is 1. The third kappa shape index (κ3) is 1.95. The van der Waals surface area contributed by atoms with E-state index in [1.807, 2.05) is 6.07 Å². The van der Waals surface area contributed by atoms with Crippen LogP contribution in [0.15, 0.2) is 30.3 Å². The molecule has 0 amide bonds. The maximum Gasteiger partial charge on any atom is 0.105 e. The van der Waals surface area contributed by atoms with E-state index in [4.69, 9.17) is 16.3 Å². The smallest absolute Gasteiger partial charge is 0.105 e. The molecule has 0 radical (unpaired) electrons. The van der Waals surface area contributed by atoms with Crippen molar-refractivity contribution in [1.29, 1.82) is 0 Å². The van der Waals surface area contributed by atoms with Gasteiger partial charge in [0.05, 0.1) is 13.2 Å². The van der Waals surface area contributed by atoms with Crippen LogP contribution >= 0.6 is 11.6 Å². The standard InChI is InChI=1S/C16H17ClNO/c17-16-2-1-12-7-14-10-18(3-5-19-6-4-18)11-15(14)8-13(12)9-16/h1-2,7-9H,3-6,10-11H2/q+1. The van der Waals surface area contributed by atoms with E-state index in [0.717, 1.165) is 44.4 Å². The number of hydrogen-bond acceptors (Lipinski definition) is 1. The first-order valence-corrected chi connectivity index (χ1v) is 7.26. The van der Waals surface area contributed by atoms with Gasteiger partial charge >= 0.3 is 0 Å². The van der Waals surface area contributed by atoms with E-state index in [-0.39, 0.29) is 0 Å². The molecule has 0 atom stereocenters. The van der Waals surface area contributed by atoms with Crippen molar-refractivity contribution in [2.24, 2.45) is 0 Å². The highest BCUT2D eigenvalue weighted by molar-refractivity contribution is 6.31. The minimum atomic E-state index is 0.820. The number of fused-ring (bicyclic) bond motifs is 2. The van der Waals surface area contributed by atoms with Crippen molar-refractivity contribution in [3.8, 4) is 0 Å². The molecule has 2 heterocycles. The number of hydrogen-bond donors (Lipinski definition) is 0. The SMILES string of the molecule is Clc1ccc2cc3c(cc2c1)C[N+]1(CCOCC1)C3. The highest BCUT2D eigenvalue weighted by Crippen LogP contribution is 2.34. The zero-order valence-corrected chi connectivity index (χ0v) is 11.6. The lowest BCUT2D eigenvalue weighted by molar-refractivity contribution is -0.953. The van der Waals surface area contributed by atoms with Gasteiger partial charge in [0.15, 0.2) is 0 Å². The fourth-order valence-electron chi connectivity index (χ4n) is 3.48. The van der Waals surface area contributed by atoms with Gasteiger partial charge in [-0.1, -0.05) is 17.7 Å². The van der Waals surface area contributed by atoms with E-state index in [9.17, 15) is 0 Å². The minimum absolute atomic E-state index is 0.820. The van der Waals surface area contributed by atoms with Crippen LogP contribution in [0, 0.1) is 0 Å². The Bertz CT molecular complexity index is 646. The molecule has 2 aromatic carbocycles. The second-order valence-electron chi connectivity index (χ2n) is 5.83. The number of morpholine rings is 1. The minimum Gasteiger partial charge on any atom is -0.370 e. The summed E-state index contributed by atoms with van der Waals surface area (Å²) in [6.07, 6.45) is 0. The summed E-state index contributed by atoms with van der Waals surface area (Å²) in [7, 11) is 0. The van der Waals surface area contributed by atoms with Gasteiger partial charge in [-0.3, -0.25) is 0 Å². The summed E-state index contributed by atoms with van der Waals surface area (Å²) < 4.78 is 6.70. The number of quaternary nitrogens is 1. The van der Waals surface area contributed by atoms with Crippen molar-refractivity contribution in [3.63, 3.8) is 0 Å². The van der Waals surface area contributed by atoms with E-state index in [1.54, 1.807) is 0 Å². The molecule has 0 bridgehead atoms. The lowest BCUT2D eigenvalue weighted by Crippen LogP contribution is -2.50. The van der Waals surface area contributed by atoms with Crippen molar-refractivity contribution >= 4 is 22.4 Å². The van der Waals surface area contributed by atoms with Crippen molar-refractivity contribution in [1.82, 2.24) is 0 Å². The number of benzene rings is 2. The second kappa shape index (κ2) is 4.20. The Morgan fingerprint density at radius 2 is 1.58 bits per heavy atom. The van der Waals surface area contributed by atoms with Gasteiger partial charge in [-0.15, -0.1) is 0 Å². The van der Waals surface area contributed by atoms with E-state index >= 15 is 0 Å². The van der Waals surface area contributed by atoms with Crippen LogP contribution in [-0.4, -0.2) is 30.8 Å². The summed E-state index contributed by atoms with van der Waals surface area (Å²) in [5.74, 6) is 0. The Kier molecular flexibility index (Phi) is 2.59. The molecule has 0 aliphatic carbocycles. The normalized spacial score (nSPS) is 20.9. The molecular formula is C16H17ClNO+. The molecule has 0 saturated carbocycles. The first kappa shape index (κ1) is 11.7. The lowest BCUT2D eigenvalue weighted by Gasteiger charge is -2.37. The van der Waals surface area contributed by atoms with Crippen LogP contribution in [0.4, 0.5) is 0 Å². The van der Waals surface area contributed by atoms with E-state index < -0.39 is 0 Å². The predicted molar refractivity (Wildman–Crippen MR) is 77.2 cm³/mol. The second-order valence-corrected chi connectivity index (χ2v) is 6.27. The van der Waals surface area contributed by atoms with Crippen molar-refractivity contribution in [3.05, 3.63) is 46.5 Å². The molecule has 98 valence electrons. The summed E-state index contributed by atoms with van der Waals surface area (Å²) in [5.41, 5.74) is 3.01. The number of nitrogens with zero attached hydrogens (tertiary/aromatic N) is 1. The summed E-state index contributed by atoms with van der Waals surface area (Å²) in [6, 6.07) is 10.9. The van der Waals surface area contributed by atoms with Crippen LogP contribution < -0.4 is 0 Å². The molecular weight excluding hydrogens is 258 g/mol. The van der Waals surface area contributed by atoms with Crippen LogP contribution in [0.3, 0.4) is 0 Å². The summed E-state index contributed by atoms with van der Waals surface area (Å²) >= 11 is 6.09. The molecule has 0 unspecified atom stereocenters. The average molecular weight is 275 g/mol. The zero-order chi connectivity index (χ0) is 12.9. The van der Waals surface area contributed by atoms with Crippen molar-refractivity contribution < 1.29 is 9.22 Å². The topological polar surface area (TPSA) is 9.23 Å². The first-order valence-electron chi connectivity index (χ1n) is 6.88. The summed E-state index contributed by atoms with van der Waals surface area (Å²) in [5, 5.41) is 3.39. The maximum atomic E-state index is 6.09. The molecule has 0 N–H and O–H groups in total. The fraction of sp³-hybridized carbons (Fsp3) is 0.375. The molecule has 2 aliphatic heterocycles. The Labute approximate surface area is 118 Å². The quantitative estimate of drug-likeness (QED) is 0.670. The number of rotatable bonds is 0. The molecule has 1 spiro atoms. The van der Waals surface area contributed by atoms with Gasteiger partial charge in [-0.05, 0) is 35.0 Å². The van der Waals surface area contributed by atoms with Gasteiger partial charge in [0.1, 0.15) is 26.2 Å². The third-order valence-corrected chi connectivity index (χ3v) is 4.79. The van der Waals surface area contributed by atoms with E-state index in [2.05, 4.69) is 24.3 Å². The largest absolute Gasteiger partial charge is 0.370 e. The van der Waals surface area contributed by atoms with Gasteiger partial charge in [0.25, 0.3) is 0 Å². The van der Waals surface area contributed by atoms with Crippen LogP contribution in [0.1, 0.15) is 11.1 Å². The first-order chi connectivity index (χ1) is 9.24. The zero-order valence-electron chi connectivity index (χ0n) is 10.9. The Hall–Kier alpha value is -1.09. The van der Waals surface area contributed by atoms with Crippen LogP contribution in [0.25, 0.3) is 10.8 Å². The monoisotopic (exact) mass is 274 g/mol. The number of ether oxygens (including phenoxy) is 1. The third-order valence-electron chi connectivity index (χ3n) is 4.55. The molecule has 3 heteroatoms. The Morgan fingerprint density at radius 1 is 0.895 bits per heavy atom. The molecule has 2 aromatic rings. The average Bonchev–Trinajstić information content (AvgIpc) is 2.73. The van der Waals surface area contributed by atoms with E-state index in [0.29, 0.717) is 0 Å². The maximum absolute atomic E-state index is 6.09. The van der Waals surface area contributed by atoms with Crippen LogP contribution in [-0.2, 0) is 17.8 Å². The van der Waals surface area contributed by atoms with Crippen LogP contribution in [0.2, 0.25) is 5.02 Å². The van der Waals surface area contributed by atoms with Gasteiger partial charge in [0.2, 0.25) is 0 Å². The Morgan fingerprint density at radius 3 is 2.32 bits per heavy atom. The summed E-state index contributed by atoms with van der Waals surface area (Å²) in [6.45, 7) is 6.41. The van der Waals surface area contributed by atoms with Crippen molar-refractivity contribution in [2.75, 3.05) is 26.3 Å². The van der Waals surface area contributed by atoms with E-state index in [1.165, 1.54) is 26.4 Å². The highest BCUT2D eigenvalue weighted by Gasteiger charge is 2.37. The van der Waals surface area contributed by atoms with Gasteiger partial charge < -0.3 is 9.22 Å². The van der Waals surface area contributed by atoms with Crippen molar-refractivity contribution in [2.45, 2.75) is 13.1 Å². The lowest BCUT2D eigenvalue weighted by atomic mass is 10.0. The summed E-state index contributed by atoms with van der Waals surface area (Å²) in [4.78, 5) is 0. The van der Waals surface area contributed by atoms with Gasteiger partial charge in [-0.25, -0.2) is 0 Å². The molecule has 2 aliphatic rings. The fourth-order valence-corrected chi connectivity index (χ4v) is 3.66. The Balaban J connectivity index is 1.78.